The van der Waals surface area contributed by atoms with Gasteiger partial charge in [-0.2, -0.15) is 0 Å². The largest absolute Gasteiger partial charge is 0.506 e. The number of nitrogens with one attached hydrogen (secondary N) is 1. The van der Waals surface area contributed by atoms with Crippen molar-refractivity contribution in [1.29, 1.82) is 0 Å². The predicted octanol–water partition coefficient (Wildman–Crippen LogP) is 3.09. The molecule has 2 rings (SSSR count). The van der Waals surface area contributed by atoms with E-state index in [1.165, 1.54) is 24.3 Å². The first-order valence-corrected chi connectivity index (χ1v) is 7.43. The molecule has 0 fully saturated rings. The molecule has 2 N–H and O–H groups in total. The zero-order valence-electron chi connectivity index (χ0n) is 9.47. The van der Waals surface area contributed by atoms with Gasteiger partial charge in [-0.15, -0.1) is 0 Å². The van der Waals surface area contributed by atoms with Crippen LogP contribution in [-0.4, -0.2) is 13.5 Å². The zero-order valence-corrected chi connectivity index (χ0v) is 11.9. The molecule has 19 heavy (non-hydrogen) atoms. The van der Waals surface area contributed by atoms with Crippen molar-refractivity contribution in [3.05, 3.63) is 52.8 Å². The summed E-state index contributed by atoms with van der Waals surface area (Å²) in [5, 5.41) is 9.57. The summed E-state index contributed by atoms with van der Waals surface area (Å²) in [5.74, 6) is -1.10. The lowest BCUT2D eigenvalue weighted by Gasteiger charge is -2.10. The Kier molecular flexibility index (Phi) is 3.77. The fourth-order valence-corrected chi connectivity index (χ4v) is 2.96. The highest BCUT2D eigenvalue weighted by atomic mass is 79.9. The molecule has 0 radical (unpaired) electrons. The Bertz CT molecular complexity index is 719. The number of aromatic hydroxyl groups is 1. The van der Waals surface area contributed by atoms with E-state index in [-0.39, 0.29) is 11.4 Å². The van der Waals surface area contributed by atoms with Gasteiger partial charge in [0.2, 0.25) is 0 Å². The maximum Gasteiger partial charge on any atom is 0.264 e. The molecule has 0 saturated carbocycles. The monoisotopic (exact) mass is 345 g/mol. The van der Waals surface area contributed by atoms with Gasteiger partial charge in [0.05, 0.1) is 5.69 Å². The lowest BCUT2D eigenvalue weighted by atomic mass is 10.3. The van der Waals surface area contributed by atoms with E-state index in [1.54, 1.807) is 6.07 Å². The van der Waals surface area contributed by atoms with Gasteiger partial charge >= 0.3 is 0 Å². The Morgan fingerprint density at radius 1 is 1.16 bits per heavy atom. The summed E-state index contributed by atoms with van der Waals surface area (Å²) in [5.41, 5.74) is -0.0300. The Labute approximate surface area is 118 Å². The molecule has 0 saturated heterocycles. The van der Waals surface area contributed by atoms with Crippen molar-refractivity contribution in [3.8, 4) is 5.75 Å². The minimum atomic E-state index is -4.09. The topological polar surface area (TPSA) is 66.4 Å². The Morgan fingerprint density at radius 2 is 1.84 bits per heavy atom. The van der Waals surface area contributed by atoms with E-state index in [1.807, 2.05) is 0 Å². The van der Waals surface area contributed by atoms with Crippen LogP contribution in [0.3, 0.4) is 0 Å². The number of sulfonamides is 1. The van der Waals surface area contributed by atoms with Gasteiger partial charge in [0.25, 0.3) is 10.0 Å². The van der Waals surface area contributed by atoms with Crippen molar-refractivity contribution in [1.82, 2.24) is 0 Å². The average molecular weight is 346 g/mol. The zero-order chi connectivity index (χ0) is 14.0. The van der Waals surface area contributed by atoms with Crippen molar-refractivity contribution in [2.24, 2.45) is 0 Å². The second-order valence-corrected chi connectivity index (χ2v) is 6.26. The van der Waals surface area contributed by atoms with Crippen molar-refractivity contribution >= 4 is 31.6 Å². The second-order valence-electron chi connectivity index (χ2n) is 3.70. The highest BCUT2D eigenvalue weighted by Crippen LogP contribution is 2.29. The summed E-state index contributed by atoms with van der Waals surface area (Å²) >= 11 is 3.15. The summed E-state index contributed by atoms with van der Waals surface area (Å²) < 4.78 is 40.2. The van der Waals surface area contributed by atoms with Crippen LogP contribution in [0.2, 0.25) is 0 Å². The number of hydrogen-bond acceptors (Lipinski definition) is 3. The molecule has 0 atom stereocenters. The molecule has 2 aromatic carbocycles. The fourth-order valence-electron chi connectivity index (χ4n) is 1.45. The molecule has 0 amide bonds. The van der Waals surface area contributed by atoms with Crippen molar-refractivity contribution < 1.29 is 17.9 Å². The number of anilines is 1. The number of halogens is 2. The van der Waals surface area contributed by atoms with E-state index < -0.39 is 20.7 Å². The van der Waals surface area contributed by atoms with Crippen LogP contribution in [0.4, 0.5) is 10.1 Å². The highest BCUT2D eigenvalue weighted by Gasteiger charge is 2.19. The van der Waals surface area contributed by atoms with Crippen LogP contribution in [0.1, 0.15) is 0 Å². The Hall–Kier alpha value is -1.60. The highest BCUT2D eigenvalue weighted by molar-refractivity contribution is 9.10. The van der Waals surface area contributed by atoms with E-state index in [4.69, 9.17) is 0 Å². The Balaban J connectivity index is 2.43. The third-order valence-corrected chi connectivity index (χ3v) is 4.22. The molecule has 0 aliphatic carbocycles. The van der Waals surface area contributed by atoms with E-state index in [2.05, 4.69) is 20.7 Å². The predicted molar refractivity (Wildman–Crippen MR) is 73.0 cm³/mol. The van der Waals surface area contributed by atoms with Crippen molar-refractivity contribution in [3.63, 3.8) is 0 Å². The van der Waals surface area contributed by atoms with Crippen molar-refractivity contribution in [2.45, 2.75) is 4.90 Å². The summed E-state index contributed by atoms with van der Waals surface area (Å²) in [6.07, 6.45) is 0. The van der Waals surface area contributed by atoms with Gasteiger partial charge in [-0.3, -0.25) is 4.72 Å². The van der Waals surface area contributed by atoms with Crippen LogP contribution in [-0.2, 0) is 10.0 Å². The number of hydrogen-bond donors (Lipinski definition) is 2. The average Bonchev–Trinajstić information content (AvgIpc) is 2.34. The molecule has 4 nitrogen and oxygen atoms in total. The van der Waals surface area contributed by atoms with Crippen LogP contribution < -0.4 is 4.72 Å². The second kappa shape index (κ2) is 5.18. The van der Waals surface area contributed by atoms with E-state index in [0.717, 1.165) is 12.1 Å². The normalized spacial score (nSPS) is 11.3. The van der Waals surface area contributed by atoms with Gasteiger partial charge in [-0.05, 0) is 30.3 Å². The number of phenolic OH excluding ortho intramolecular Hbond substituents is 1. The summed E-state index contributed by atoms with van der Waals surface area (Å²) in [6, 6.07) is 9.26. The van der Waals surface area contributed by atoms with Crippen LogP contribution in [0.5, 0.6) is 5.75 Å². The van der Waals surface area contributed by atoms with Gasteiger partial charge in [-0.25, -0.2) is 12.8 Å². The molecule has 0 heterocycles. The van der Waals surface area contributed by atoms with Gasteiger partial charge in [0.1, 0.15) is 16.5 Å². The first kappa shape index (κ1) is 13.8. The summed E-state index contributed by atoms with van der Waals surface area (Å²) in [7, 11) is -4.09. The van der Waals surface area contributed by atoms with Crippen LogP contribution in [0, 0.1) is 5.82 Å². The van der Waals surface area contributed by atoms with Crippen LogP contribution >= 0.6 is 15.9 Å². The third-order valence-electron chi connectivity index (χ3n) is 2.33. The first-order valence-electron chi connectivity index (χ1n) is 5.16. The number of phenols is 1. The molecule has 0 bridgehead atoms. The van der Waals surface area contributed by atoms with Gasteiger partial charge < -0.3 is 5.11 Å². The standard InChI is InChI=1S/C12H9BrFNO3S/c13-8-5-6-11(16)10(7-8)15-19(17,18)12-4-2-1-3-9(12)14/h1-7,15-16H. The lowest BCUT2D eigenvalue weighted by molar-refractivity contribution is 0.477. The van der Waals surface area contributed by atoms with E-state index >= 15 is 0 Å². The molecular weight excluding hydrogens is 337 g/mol. The molecule has 100 valence electrons. The van der Waals surface area contributed by atoms with Crippen LogP contribution in [0.25, 0.3) is 0 Å². The summed E-state index contributed by atoms with van der Waals surface area (Å²) in [6.45, 7) is 0. The minimum Gasteiger partial charge on any atom is -0.506 e. The van der Waals surface area contributed by atoms with Gasteiger partial charge in [0, 0.05) is 4.47 Å². The summed E-state index contributed by atoms with van der Waals surface area (Å²) in [4.78, 5) is -0.477. The smallest absolute Gasteiger partial charge is 0.264 e. The quantitative estimate of drug-likeness (QED) is 0.840. The first-order chi connectivity index (χ1) is 8.90. The maximum atomic E-state index is 13.5. The SMILES string of the molecule is O=S(=O)(Nc1cc(Br)ccc1O)c1ccccc1F. The molecule has 2 aromatic rings. The molecule has 0 spiro atoms. The molecule has 0 aliphatic heterocycles. The lowest BCUT2D eigenvalue weighted by Crippen LogP contribution is -2.14. The molecule has 7 heteroatoms. The van der Waals surface area contributed by atoms with E-state index in [9.17, 15) is 17.9 Å². The van der Waals surface area contributed by atoms with E-state index in [0.29, 0.717) is 4.47 Å². The van der Waals surface area contributed by atoms with Crippen molar-refractivity contribution in [2.75, 3.05) is 4.72 Å². The fraction of sp³-hybridized carbons (Fsp3) is 0. The Morgan fingerprint density at radius 3 is 2.53 bits per heavy atom. The van der Waals surface area contributed by atoms with Gasteiger partial charge in [0.15, 0.2) is 0 Å². The number of benzene rings is 2. The molecule has 0 aromatic heterocycles. The third kappa shape index (κ3) is 3.05. The molecule has 0 aliphatic rings. The maximum absolute atomic E-state index is 13.5. The number of rotatable bonds is 3. The molecular formula is C12H9BrFNO3S. The minimum absolute atomic E-state index is 0.0300. The van der Waals surface area contributed by atoms with Gasteiger partial charge in [-0.1, -0.05) is 28.1 Å². The van der Waals surface area contributed by atoms with Crippen LogP contribution in [0.15, 0.2) is 51.8 Å². The molecule has 0 unspecified atom stereocenters.